The van der Waals surface area contributed by atoms with Crippen molar-refractivity contribution < 1.29 is 4.79 Å². The molecule has 1 aliphatic heterocycles. The van der Waals surface area contributed by atoms with Crippen molar-refractivity contribution in [2.75, 3.05) is 7.05 Å². The van der Waals surface area contributed by atoms with E-state index in [1.54, 1.807) is 11.1 Å². The number of likely N-dealkylation sites (N-methyl/N-ethyl adjacent to an activating group) is 1. The molecule has 0 radical (unpaired) electrons. The first-order chi connectivity index (χ1) is 12.2. The topological polar surface area (TPSA) is 62.2 Å². The van der Waals surface area contributed by atoms with Crippen molar-refractivity contribution >= 4 is 5.91 Å². The lowest BCUT2D eigenvalue weighted by molar-refractivity contribution is -0.132. The molecule has 1 aromatic heterocycles. The summed E-state index contributed by atoms with van der Waals surface area (Å²) in [7, 11) is 1.86. The second-order valence-corrected chi connectivity index (χ2v) is 7.17. The summed E-state index contributed by atoms with van der Waals surface area (Å²) in [5, 5.41) is 0. The van der Waals surface area contributed by atoms with Crippen LogP contribution in [0.25, 0.3) is 0 Å². The van der Waals surface area contributed by atoms with Crippen molar-refractivity contribution in [3.05, 3.63) is 54.1 Å². The van der Waals surface area contributed by atoms with Crippen LogP contribution in [-0.4, -0.2) is 39.5 Å². The molecular weight excluding hydrogens is 314 g/mol. The lowest BCUT2D eigenvalue weighted by Crippen LogP contribution is -2.44. The number of imidazole rings is 1. The SMILES string of the molecule is CN(Cc1nccn1Cc1ccccc1)C(=O)C1CC(C2CC2)NN1. The number of carbonyl (C=O) groups is 1. The van der Waals surface area contributed by atoms with E-state index in [4.69, 9.17) is 0 Å². The summed E-state index contributed by atoms with van der Waals surface area (Å²) >= 11 is 0. The van der Waals surface area contributed by atoms with Crippen molar-refractivity contribution in [2.24, 2.45) is 5.92 Å². The number of nitrogens with zero attached hydrogens (tertiary/aromatic N) is 3. The Kier molecular flexibility index (Phi) is 4.55. The first kappa shape index (κ1) is 16.3. The second kappa shape index (κ2) is 6.98. The minimum absolute atomic E-state index is 0.130. The molecule has 25 heavy (non-hydrogen) atoms. The van der Waals surface area contributed by atoms with Crippen LogP contribution in [0.4, 0.5) is 0 Å². The molecule has 2 atom stereocenters. The highest BCUT2D eigenvalue weighted by Gasteiger charge is 2.39. The van der Waals surface area contributed by atoms with Gasteiger partial charge < -0.3 is 9.47 Å². The summed E-state index contributed by atoms with van der Waals surface area (Å²) in [5.41, 5.74) is 7.69. The van der Waals surface area contributed by atoms with E-state index >= 15 is 0 Å². The molecule has 132 valence electrons. The second-order valence-electron chi connectivity index (χ2n) is 7.17. The van der Waals surface area contributed by atoms with Crippen LogP contribution in [0.5, 0.6) is 0 Å². The average molecular weight is 339 g/mol. The van der Waals surface area contributed by atoms with E-state index in [-0.39, 0.29) is 11.9 Å². The Morgan fingerprint density at radius 2 is 2.08 bits per heavy atom. The third kappa shape index (κ3) is 3.75. The van der Waals surface area contributed by atoms with Gasteiger partial charge >= 0.3 is 0 Å². The molecule has 4 rings (SSSR count). The molecule has 1 saturated heterocycles. The van der Waals surface area contributed by atoms with Crippen molar-refractivity contribution in [2.45, 2.75) is 44.4 Å². The highest BCUT2D eigenvalue weighted by molar-refractivity contribution is 5.81. The van der Waals surface area contributed by atoms with E-state index in [0.717, 1.165) is 24.7 Å². The molecule has 2 fully saturated rings. The molecule has 1 amide bonds. The zero-order valence-corrected chi connectivity index (χ0v) is 14.6. The quantitative estimate of drug-likeness (QED) is 0.838. The van der Waals surface area contributed by atoms with E-state index < -0.39 is 0 Å². The molecule has 0 bridgehead atoms. The van der Waals surface area contributed by atoms with Crippen molar-refractivity contribution in [3.8, 4) is 0 Å². The van der Waals surface area contributed by atoms with E-state index in [2.05, 4.69) is 32.5 Å². The van der Waals surface area contributed by atoms with Gasteiger partial charge in [0.1, 0.15) is 11.9 Å². The summed E-state index contributed by atoms with van der Waals surface area (Å²) in [6, 6.07) is 10.6. The number of hydrazine groups is 1. The van der Waals surface area contributed by atoms with Gasteiger partial charge in [0.2, 0.25) is 5.91 Å². The van der Waals surface area contributed by atoms with E-state index in [9.17, 15) is 4.79 Å². The number of aromatic nitrogens is 2. The number of amides is 1. The van der Waals surface area contributed by atoms with Gasteiger partial charge in [-0.25, -0.2) is 10.4 Å². The lowest BCUT2D eigenvalue weighted by atomic mass is 10.1. The van der Waals surface area contributed by atoms with Crippen LogP contribution in [0.15, 0.2) is 42.7 Å². The van der Waals surface area contributed by atoms with Gasteiger partial charge in [-0.05, 0) is 30.7 Å². The Hall–Kier alpha value is -2.18. The summed E-state index contributed by atoms with van der Waals surface area (Å²) < 4.78 is 2.10. The molecule has 1 aliphatic carbocycles. The normalized spacial score (nSPS) is 22.9. The maximum atomic E-state index is 12.7. The summed E-state index contributed by atoms with van der Waals surface area (Å²) in [5.74, 6) is 1.79. The van der Waals surface area contributed by atoms with Crippen molar-refractivity contribution in [3.63, 3.8) is 0 Å². The molecule has 2 aliphatic rings. The van der Waals surface area contributed by atoms with Crippen molar-refractivity contribution in [1.29, 1.82) is 0 Å². The van der Waals surface area contributed by atoms with E-state index in [1.165, 1.54) is 18.4 Å². The molecule has 2 aromatic rings. The Balaban J connectivity index is 1.37. The zero-order chi connectivity index (χ0) is 17.2. The van der Waals surface area contributed by atoms with Crippen LogP contribution < -0.4 is 10.9 Å². The summed E-state index contributed by atoms with van der Waals surface area (Å²) in [6.45, 7) is 1.29. The monoisotopic (exact) mass is 339 g/mol. The van der Waals surface area contributed by atoms with Gasteiger partial charge in [-0.2, -0.15) is 0 Å². The Morgan fingerprint density at radius 1 is 1.28 bits per heavy atom. The Labute approximate surface area is 148 Å². The first-order valence-electron chi connectivity index (χ1n) is 9.00. The largest absolute Gasteiger partial charge is 0.337 e. The molecule has 2 unspecified atom stereocenters. The molecular formula is C19H25N5O. The van der Waals surface area contributed by atoms with Crippen LogP contribution >= 0.6 is 0 Å². The maximum absolute atomic E-state index is 12.7. The third-order valence-electron chi connectivity index (χ3n) is 5.17. The van der Waals surface area contributed by atoms with Gasteiger partial charge in [0.05, 0.1) is 6.54 Å². The molecule has 2 N–H and O–H groups in total. The standard InChI is InChI=1S/C19H25N5O/c1-23(19(25)17-11-16(21-22-17)15-7-8-15)13-18-20-9-10-24(18)12-14-5-3-2-4-6-14/h2-6,9-10,15-17,21-22H,7-8,11-13H2,1H3. The number of hydrogen-bond donors (Lipinski definition) is 2. The number of hydrogen-bond acceptors (Lipinski definition) is 4. The third-order valence-corrected chi connectivity index (χ3v) is 5.17. The number of nitrogens with one attached hydrogen (secondary N) is 2. The van der Waals surface area contributed by atoms with Crippen LogP contribution in [0, 0.1) is 5.92 Å². The van der Waals surface area contributed by atoms with Gasteiger partial charge in [0.15, 0.2) is 0 Å². The summed E-state index contributed by atoms with van der Waals surface area (Å²) in [4.78, 5) is 18.9. The molecule has 6 heteroatoms. The molecule has 6 nitrogen and oxygen atoms in total. The Morgan fingerprint density at radius 3 is 2.84 bits per heavy atom. The van der Waals surface area contributed by atoms with Gasteiger partial charge in [0, 0.05) is 32.0 Å². The van der Waals surface area contributed by atoms with Gasteiger partial charge in [-0.15, -0.1) is 0 Å². The smallest absolute Gasteiger partial charge is 0.241 e. The highest BCUT2D eigenvalue weighted by Crippen LogP contribution is 2.35. The van der Waals surface area contributed by atoms with Gasteiger partial charge in [-0.3, -0.25) is 10.2 Å². The fraction of sp³-hybridized carbons (Fsp3) is 0.474. The summed E-state index contributed by atoms with van der Waals surface area (Å²) in [6.07, 6.45) is 7.22. The number of rotatable bonds is 6. The van der Waals surface area contributed by atoms with E-state index in [1.807, 2.05) is 31.4 Å². The minimum Gasteiger partial charge on any atom is -0.337 e. The van der Waals surface area contributed by atoms with Crippen LogP contribution in [-0.2, 0) is 17.9 Å². The minimum atomic E-state index is -0.131. The van der Waals surface area contributed by atoms with E-state index in [0.29, 0.717) is 12.6 Å². The fourth-order valence-corrected chi connectivity index (χ4v) is 3.52. The number of carbonyl (C=O) groups excluding carboxylic acids is 1. The zero-order valence-electron chi connectivity index (χ0n) is 14.6. The van der Waals surface area contributed by atoms with Crippen LogP contribution in [0.2, 0.25) is 0 Å². The molecule has 1 saturated carbocycles. The van der Waals surface area contributed by atoms with Crippen LogP contribution in [0.3, 0.4) is 0 Å². The van der Waals surface area contributed by atoms with Gasteiger partial charge in [0.25, 0.3) is 0 Å². The molecule has 1 aromatic carbocycles. The fourth-order valence-electron chi connectivity index (χ4n) is 3.52. The average Bonchev–Trinajstić information content (AvgIpc) is 3.21. The maximum Gasteiger partial charge on any atom is 0.241 e. The number of benzene rings is 1. The highest BCUT2D eigenvalue weighted by atomic mass is 16.2. The van der Waals surface area contributed by atoms with Crippen LogP contribution in [0.1, 0.15) is 30.7 Å². The predicted molar refractivity (Wildman–Crippen MR) is 95.4 cm³/mol. The Bertz CT molecular complexity index is 724. The molecule has 0 spiro atoms. The first-order valence-corrected chi connectivity index (χ1v) is 9.00. The van der Waals surface area contributed by atoms with Gasteiger partial charge in [-0.1, -0.05) is 30.3 Å². The molecule has 2 heterocycles. The van der Waals surface area contributed by atoms with Crippen molar-refractivity contribution in [1.82, 2.24) is 25.3 Å². The lowest BCUT2D eigenvalue weighted by Gasteiger charge is -2.21. The predicted octanol–water partition coefficient (Wildman–Crippen LogP) is 1.53.